The van der Waals surface area contributed by atoms with Crippen molar-refractivity contribution >= 4 is 54.6 Å². The Balaban J connectivity index is 2.44. The normalized spacial score (nSPS) is 11.8. The van der Waals surface area contributed by atoms with Gasteiger partial charge in [0.15, 0.2) is 0 Å². The van der Waals surface area contributed by atoms with Crippen LogP contribution in [-0.2, 0) is 6.18 Å². The van der Waals surface area contributed by atoms with Crippen LogP contribution in [0.15, 0.2) is 23.2 Å². The zero-order valence-corrected chi connectivity index (χ0v) is 12.4. The van der Waals surface area contributed by atoms with Gasteiger partial charge in [-0.15, -0.1) is 23.5 Å². The van der Waals surface area contributed by atoms with E-state index in [-0.39, 0.29) is 0 Å². The first-order valence-corrected chi connectivity index (χ1v) is 8.35. The van der Waals surface area contributed by atoms with Gasteiger partial charge in [-0.05, 0) is 30.7 Å². The molecule has 1 aromatic heterocycles. The van der Waals surface area contributed by atoms with Gasteiger partial charge in [0, 0.05) is 0 Å². The molecule has 1 aromatic carbocycles. The maximum Gasteiger partial charge on any atom is 0.416 e. The van der Waals surface area contributed by atoms with E-state index in [2.05, 4.69) is 9.98 Å². The third-order valence-corrected chi connectivity index (χ3v) is 5.03. The molecule has 2 rings (SSSR count). The largest absolute Gasteiger partial charge is 0.416 e. The molecule has 0 amide bonds. The summed E-state index contributed by atoms with van der Waals surface area (Å²) in [6.07, 6.45) is -0.542. The molecule has 0 bridgehead atoms. The average molecular weight is 322 g/mol. The second-order valence-corrected chi connectivity index (χ2v) is 6.32. The fourth-order valence-corrected chi connectivity index (χ4v) is 3.41. The van der Waals surface area contributed by atoms with Gasteiger partial charge >= 0.3 is 6.18 Å². The van der Waals surface area contributed by atoms with Crippen molar-refractivity contribution in [3.63, 3.8) is 0 Å². The molecule has 0 aliphatic carbocycles. The summed E-state index contributed by atoms with van der Waals surface area (Å²) in [5.74, 6) is 0. The zero-order chi connectivity index (χ0) is 14.0. The molecular formula is C11H9F3N2S3. The van der Waals surface area contributed by atoms with E-state index in [4.69, 9.17) is 0 Å². The lowest BCUT2D eigenvalue weighted by Gasteiger charge is -2.04. The number of aliphatic imine (C=N–C) groups is 1. The van der Waals surface area contributed by atoms with E-state index in [0.29, 0.717) is 15.3 Å². The van der Waals surface area contributed by atoms with Gasteiger partial charge in [-0.3, -0.25) is 0 Å². The first-order valence-electron chi connectivity index (χ1n) is 5.08. The van der Waals surface area contributed by atoms with E-state index in [1.165, 1.54) is 29.6 Å². The Morgan fingerprint density at radius 3 is 2.53 bits per heavy atom. The van der Waals surface area contributed by atoms with Crippen LogP contribution in [0.4, 0.5) is 18.3 Å². The van der Waals surface area contributed by atoms with Gasteiger partial charge in [0.25, 0.3) is 0 Å². The number of thioether (sulfide) groups is 2. The van der Waals surface area contributed by atoms with Crippen LogP contribution in [0, 0.1) is 0 Å². The zero-order valence-electron chi connectivity index (χ0n) is 9.99. The van der Waals surface area contributed by atoms with E-state index < -0.39 is 11.7 Å². The second kappa shape index (κ2) is 5.72. The molecular weight excluding hydrogens is 313 g/mol. The first kappa shape index (κ1) is 14.7. The molecule has 0 spiro atoms. The van der Waals surface area contributed by atoms with E-state index in [9.17, 15) is 13.2 Å². The van der Waals surface area contributed by atoms with Crippen molar-refractivity contribution in [2.45, 2.75) is 6.18 Å². The van der Waals surface area contributed by atoms with Gasteiger partial charge in [0.2, 0.25) is 5.13 Å². The molecule has 0 saturated heterocycles. The maximum atomic E-state index is 12.6. The molecule has 0 atom stereocenters. The average Bonchev–Trinajstić information content (AvgIpc) is 2.76. The van der Waals surface area contributed by atoms with Crippen LogP contribution in [0.5, 0.6) is 0 Å². The molecule has 2 nitrogen and oxygen atoms in total. The predicted octanol–water partition coefficient (Wildman–Crippen LogP) is 5.03. The minimum absolute atomic E-state index is 0.480. The number of hydrogen-bond donors (Lipinski definition) is 0. The van der Waals surface area contributed by atoms with Crippen LogP contribution in [0.3, 0.4) is 0 Å². The molecule has 0 N–H and O–H groups in total. The van der Waals surface area contributed by atoms with Crippen molar-refractivity contribution in [2.24, 2.45) is 4.99 Å². The third kappa shape index (κ3) is 3.43. The Morgan fingerprint density at radius 1 is 1.26 bits per heavy atom. The number of thiazole rings is 1. The molecule has 2 aromatic rings. The number of alkyl halides is 3. The van der Waals surface area contributed by atoms with Crippen molar-refractivity contribution in [3.8, 4) is 0 Å². The lowest BCUT2D eigenvalue weighted by atomic mass is 10.2. The van der Waals surface area contributed by atoms with Crippen LogP contribution in [0.2, 0.25) is 0 Å². The van der Waals surface area contributed by atoms with Crippen LogP contribution < -0.4 is 0 Å². The molecule has 0 fully saturated rings. The molecule has 0 radical (unpaired) electrons. The molecule has 8 heteroatoms. The van der Waals surface area contributed by atoms with Gasteiger partial charge in [-0.1, -0.05) is 11.3 Å². The molecule has 102 valence electrons. The molecule has 0 saturated carbocycles. The Kier molecular flexibility index (Phi) is 4.42. The minimum Gasteiger partial charge on any atom is -0.218 e. The highest BCUT2D eigenvalue weighted by atomic mass is 32.2. The highest BCUT2D eigenvalue weighted by Gasteiger charge is 2.30. The lowest BCUT2D eigenvalue weighted by Crippen LogP contribution is -2.03. The van der Waals surface area contributed by atoms with E-state index in [1.807, 2.05) is 12.5 Å². The predicted molar refractivity (Wildman–Crippen MR) is 78.7 cm³/mol. The van der Waals surface area contributed by atoms with E-state index >= 15 is 0 Å². The highest BCUT2D eigenvalue weighted by molar-refractivity contribution is 8.38. The Hall–Kier alpha value is -0.730. The highest BCUT2D eigenvalue weighted by Crippen LogP contribution is 2.35. The summed E-state index contributed by atoms with van der Waals surface area (Å²) in [7, 11) is 0. The Labute approximate surface area is 120 Å². The number of halogens is 3. The SMILES string of the molecule is CSC(=Nc1nc2ccc(C(F)(F)F)cc2s1)SC. The first-order chi connectivity index (χ1) is 8.94. The monoisotopic (exact) mass is 322 g/mol. The number of benzene rings is 1. The van der Waals surface area contributed by atoms with Crippen LogP contribution in [-0.4, -0.2) is 21.9 Å². The van der Waals surface area contributed by atoms with Crippen molar-refractivity contribution in [1.29, 1.82) is 0 Å². The van der Waals surface area contributed by atoms with Crippen molar-refractivity contribution < 1.29 is 13.2 Å². The topological polar surface area (TPSA) is 25.2 Å². The van der Waals surface area contributed by atoms with Crippen LogP contribution in [0.25, 0.3) is 10.2 Å². The summed E-state index contributed by atoms with van der Waals surface area (Å²) in [5.41, 5.74) is -0.118. The summed E-state index contributed by atoms with van der Waals surface area (Å²) in [6.45, 7) is 0. The number of fused-ring (bicyclic) bond motifs is 1. The van der Waals surface area contributed by atoms with Gasteiger partial charge in [0.1, 0.15) is 4.38 Å². The van der Waals surface area contributed by atoms with E-state index in [1.54, 1.807) is 0 Å². The summed E-state index contributed by atoms with van der Waals surface area (Å²) in [4.78, 5) is 8.50. The molecule has 1 heterocycles. The van der Waals surface area contributed by atoms with Crippen molar-refractivity contribution in [1.82, 2.24) is 4.98 Å². The Bertz CT molecular complexity index is 613. The standard InChI is InChI=1S/C11H9F3N2S3/c1-17-10(18-2)16-9-15-7-4-3-6(11(12,13)14)5-8(7)19-9/h3-5H,1-2H3. The maximum absolute atomic E-state index is 12.6. The van der Waals surface area contributed by atoms with Gasteiger partial charge in [-0.25, -0.2) is 9.98 Å². The van der Waals surface area contributed by atoms with Crippen LogP contribution in [0.1, 0.15) is 5.56 Å². The smallest absolute Gasteiger partial charge is 0.218 e. The molecule has 0 aliphatic heterocycles. The number of rotatable bonds is 1. The molecule has 19 heavy (non-hydrogen) atoms. The van der Waals surface area contributed by atoms with Gasteiger partial charge in [-0.2, -0.15) is 13.2 Å². The van der Waals surface area contributed by atoms with Gasteiger partial charge < -0.3 is 0 Å². The third-order valence-electron chi connectivity index (χ3n) is 2.24. The van der Waals surface area contributed by atoms with Crippen molar-refractivity contribution in [2.75, 3.05) is 12.5 Å². The summed E-state index contributed by atoms with van der Waals surface area (Å²) in [5, 5.41) is 0.480. The lowest BCUT2D eigenvalue weighted by molar-refractivity contribution is -0.137. The summed E-state index contributed by atoms with van der Waals surface area (Å²) < 4.78 is 39.1. The summed E-state index contributed by atoms with van der Waals surface area (Å²) in [6, 6.07) is 3.54. The van der Waals surface area contributed by atoms with Crippen molar-refractivity contribution in [3.05, 3.63) is 23.8 Å². The van der Waals surface area contributed by atoms with Gasteiger partial charge in [0.05, 0.1) is 15.8 Å². The quantitative estimate of drug-likeness (QED) is 0.544. The fourth-order valence-electron chi connectivity index (χ4n) is 1.39. The molecule has 0 unspecified atom stereocenters. The number of aromatic nitrogens is 1. The number of hydrogen-bond acceptors (Lipinski definition) is 5. The Morgan fingerprint density at radius 2 is 1.95 bits per heavy atom. The van der Waals surface area contributed by atoms with Crippen LogP contribution >= 0.6 is 34.9 Å². The second-order valence-electron chi connectivity index (χ2n) is 3.46. The van der Waals surface area contributed by atoms with E-state index in [0.717, 1.165) is 27.8 Å². The number of nitrogens with zero attached hydrogens (tertiary/aromatic N) is 2. The minimum atomic E-state index is -4.33. The summed E-state index contributed by atoms with van der Waals surface area (Å²) >= 11 is 4.12. The molecule has 0 aliphatic rings. The fraction of sp³-hybridized carbons (Fsp3) is 0.273.